The Morgan fingerprint density at radius 3 is 2.71 bits per heavy atom. The molecule has 0 fully saturated rings. The lowest BCUT2D eigenvalue weighted by molar-refractivity contribution is 0.102. The first-order valence-electron chi connectivity index (χ1n) is 6.88. The second kappa shape index (κ2) is 6.64. The van der Waals surface area contributed by atoms with E-state index in [0.29, 0.717) is 11.3 Å². The number of carbonyl (C=O) groups excluding carboxylic acids is 1. The van der Waals surface area contributed by atoms with Crippen LogP contribution in [0.25, 0.3) is 5.69 Å². The number of hydrogen-bond acceptors (Lipinski definition) is 3. The van der Waals surface area contributed by atoms with Crippen LogP contribution in [0.5, 0.6) is 0 Å². The van der Waals surface area contributed by atoms with E-state index in [4.69, 9.17) is 5.26 Å². The fourth-order valence-corrected chi connectivity index (χ4v) is 2.33. The number of nitrogens with one attached hydrogen (secondary N) is 1. The quantitative estimate of drug-likeness (QED) is 0.744. The van der Waals surface area contributed by atoms with E-state index < -0.39 is 11.7 Å². The van der Waals surface area contributed by atoms with Crippen LogP contribution in [0.3, 0.4) is 0 Å². The second-order valence-electron chi connectivity index (χ2n) is 4.91. The fraction of sp³-hybridized carbons (Fsp3) is 0. The molecule has 0 atom stereocenters. The van der Waals surface area contributed by atoms with Gasteiger partial charge in [0.15, 0.2) is 0 Å². The van der Waals surface area contributed by atoms with Crippen LogP contribution in [-0.4, -0.2) is 15.7 Å². The van der Waals surface area contributed by atoms with Gasteiger partial charge in [0.25, 0.3) is 5.91 Å². The molecule has 0 radical (unpaired) electrons. The van der Waals surface area contributed by atoms with Crippen LogP contribution < -0.4 is 5.32 Å². The zero-order valence-electron chi connectivity index (χ0n) is 12.2. The van der Waals surface area contributed by atoms with Crippen molar-refractivity contribution in [2.24, 2.45) is 0 Å². The monoisotopic (exact) mass is 384 g/mol. The Hall–Kier alpha value is -2.98. The van der Waals surface area contributed by atoms with Gasteiger partial charge in [-0.1, -0.05) is 15.9 Å². The van der Waals surface area contributed by atoms with Gasteiger partial charge in [-0.2, -0.15) is 10.4 Å². The van der Waals surface area contributed by atoms with Crippen LogP contribution >= 0.6 is 15.9 Å². The molecule has 0 saturated heterocycles. The summed E-state index contributed by atoms with van der Waals surface area (Å²) in [6.45, 7) is 0. The number of rotatable bonds is 3. The summed E-state index contributed by atoms with van der Waals surface area (Å²) in [5.74, 6) is -1.02. The predicted molar refractivity (Wildman–Crippen MR) is 90.3 cm³/mol. The molecular weight excluding hydrogens is 375 g/mol. The van der Waals surface area contributed by atoms with Crippen molar-refractivity contribution in [3.8, 4) is 11.8 Å². The average Bonchev–Trinajstić information content (AvgIpc) is 3.07. The van der Waals surface area contributed by atoms with Crippen molar-refractivity contribution in [1.82, 2.24) is 9.78 Å². The number of nitrogens with zero attached hydrogens (tertiary/aromatic N) is 3. The molecule has 0 bridgehead atoms. The van der Waals surface area contributed by atoms with Crippen molar-refractivity contribution in [2.45, 2.75) is 0 Å². The number of hydrogen-bond donors (Lipinski definition) is 1. The summed E-state index contributed by atoms with van der Waals surface area (Å²) >= 11 is 3.36. The van der Waals surface area contributed by atoms with Crippen LogP contribution in [0.2, 0.25) is 0 Å². The Kier molecular flexibility index (Phi) is 4.40. The molecular formula is C17H10BrFN4O. The van der Waals surface area contributed by atoms with Crippen molar-refractivity contribution in [3.05, 3.63) is 76.3 Å². The summed E-state index contributed by atoms with van der Waals surface area (Å²) in [5.41, 5.74) is 1.37. The van der Waals surface area contributed by atoms with Crippen molar-refractivity contribution < 1.29 is 9.18 Å². The first-order chi connectivity index (χ1) is 11.6. The molecule has 1 heterocycles. The summed E-state index contributed by atoms with van der Waals surface area (Å²) in [4.78, 5) is 12.2. The van der Waals surface area contributed by atoms with Gasteiger partial charge in [0.1, 0.15) is 11.9 Å². The highest BCUT2D eigenvalue weighted by atomic mass is 79.9. The van der Waals surface area contributed by atoms with E-state index in [9.17, 15) is 9.18 Å². The van der Waals surface area contributed by atoms with Crippen LogP contribution in [0.15, 0.2) is 59.3 Å². The molecule has 1 N–H and O–H groups in total. The average molecular weight is 385 g/mol. The smallest absolute Gasteiger partial charge is 0.258 e. The number of halogens is 2. The van der Waals surface area contributed by atoms with E-state index in [1.165, 1.54) is 18.3 Å². The first-order valence-corrected chi connectivity index (χ1v) is 7.68. The fourth-order valence-electron chi connectivity index (χ4n) is 2.07. The highest BCUT2D eigenvalue weighted by Gasteiger charge is 2.11. The molecule has 0 spiro atoms. The lowest BCUT2D eigenvalue weighted by atomic mass is 10.2. The maximum absolute atomic E-state index is 13.3. The number of benzene rings is 2. The van der Waals surface area contributed by atoms with E-state index in [-0.39, 0.29) is 5.56 Å². The van der Waals surface area contributed by atoms with E-state index in [0.717, 1.165) is 16.2 Å². The van der Waals surface area contributed by atoms with Gasteiger partial charge >= 0.3 is 0 Å². The Balaban J connectivity index is 1.79. The third kappa shape index (κ3) is 3.34. The molecule has 24 heavy (non-hydrogen) atoms. The standard InChI is InChI=1S/C17H10BrFN4O/c18-13-1-4-15(5-2-13)23-10-12(9-21-23)17(24)22-14-3-6-16(19)11(7-14)8-20/h1-7,9-10H,(H,22,24). The van der Waals surface area contributed by atoms with Crippen molar-refractivity contribution in [1.29, 1.82) is 5.26 Å². The molecule has 5 nitrogen and oxygen atoms in total. The van der Waals surface area contributed by atoms with Gasteiger partial charge in [0.05, 0.1) is 23.0 Å². The molecule has 3 aromatic rings. The summed E-state index contributed by atoms with van der Waals surface area (Å²) < 4.78 is 15.8. The SMILES string of the molecule is N#Cc1cc(NC(=O)c2cnn(-c3ccc(Br)cc3)c2)ccc1F. The molecule has 0 aliphatic rings. The van der Waals surface area contributed by atoms with E-state index >= 15 is 0 Å². The number of aromatic nitrogens is 2. The van der Waals surface area contributed by atoms with Crippen molar-refractivity contribution >= 4 is 27.5 Å². The maximum atomic E-state index is 13.3. The Morgan fingerprint density at radius 2 is 2.00 bits per heavy atom. The number of amides is 1. The third-order valence-electron chi connectivity index (χ3n) is 3.28. The summed E-state index contributed by atoms with van der Waals surface area (Å²) in [7, 11) is 0. The Bertz CT molecular complexity index is 944. The van der Waals surface area contributed by atoms with Crippen LogP contribution in [0, 0.1) is 17.1 Å². The lowest BCUT2D eigenvalue weighted by Crippen LogP contribution is -2.11. The highest BCUT2D eigenvalue weighted by Crippen LogP contribution is 2.16. The molecule has 2 aromatic carbocycles. The normalized spacial score (nSPS) is 10.2. The molecule has 118 valence electrons. The van der Waals surface area contributed by atoms with Gasteiger partial charge in [-0.05, 0) is 42.5 Å². The topological polar surface area (TPSA) is 70.7 Å². The van der Waals surface area contributed by atoms with Crippen LogP contribution in [-0.2, 0) is 0 Å². The summed E-state index contributed by atoms with van der Waals surface area (Å²) in [6.07, 6.45) is 3.03. The number of carbonyl (C=O) groups is 1. The van der Waals surface area contributed by atoms with Gasteiger partial charge < -0.3 is 5.32 Å². The number of nitriles is 1. The third-order valence-corrected chi connectivity index (χ3v) is 3.81. The maximum Gasteiger partial charge on any atom is 0.258 e. The molecule has 0 aliphatic carbocycles. The molecule has 0 unspecified atom stereocenters. The minimum atomic E-state index is -0.626. The van der Waals surface area contributed by atoms with Crippen molar-refractivity contribution in [2.75, 3.05) is 5.32 Å². The largest absolute Gasteiger partial charge is 0.322 e. The van der Waals surface area contributed by atoms with Gasteiger partial charge in [-0.15, -0.1) is 0 Å². The second-order valence-corrected chi connectivity index (χ2v) is 5.83. The molecule has 3 rings (SSSR count). The molecule has 1 aromatic heterocycles. The molecule has 0 aliphatic heterocycles. The van der Waals surface area contributed by atoms with E-state index in [1.54, 1.807) is 16.9 Å². The van der Waals surface area contributed by atoms with E-state index in [1.807, 2.05) is 24.3 Å². The van der Waals surface area contributed by atoms with Crippen molar-refractivity contribution in [3.63, 3.8) is 0 Å². The molecule has 7 heteroatoms. The Morgan fingerprint density at radius 1 is 1.25 bits per heavy atom. The summed E-state index contributed by atoms with van der Waals surface area (Å²) in [5, 5.41) is 15.6. The predicted octanol–water partition coefficient (Wildman–Crippen LogP) is 3.90. The molecule has 1 amide bonds. The highest BCUT2D eigenvalue weighted by molar-refractivity contribution is 9.10. The zero-order chi connectivity index (χ0) is 17.1. The van der Waals surface area contributed by atoms with E-state index in [2.05, 4.69) is 26.3 Å². The zero-order valence-corrected chi connectivity index (χ0v) is 13.8. The Labute approximate surface area is 145 Å². The van der Waals surface area contributed by atoms with Gasteiger partial charge in [0, 0.05) is 16.4 Å². The molecule has 0 saturated carbocycles. The van der Waals surface area contributed by atoms with Gasteiger partial charge in [-0.25, -0.2) is 9.07 Å². The van der Waals surface area contributed by atoms with Gasteiger partial charge in [0.2, 0.25) is 0 Å². The number of anilines is 1. The first kappa shape index (κ1) is 15.9. The van der Waals surface area contributed by atoms with Crippen LogP contribution in [0.4, 0.5) is 10.1 Å². The van der Waals surface area contributed by atoms with Crippen LogP contribution in [0.1, 0.15) is 15.9 Å². The lowest BCUT2D eigenvalue weighted by Gasteiger charge is -2.04. The minimum absolute atomic E-state index is 0.127. The minimum Gasteiger partial charge on any atom is -0.322 e. The van der Waals surface area contributed by atoms with Gasteiger partial charge in [-0.3, -0.25) is 4.79 Å². The summed E-state index contributed by atoms with van der Waals surface area (Å²) in [6, 6.07) is 13.0.